The lowest BCUT2D eigenvalue weighted by Crippen LogP contribution is -2.11. The Morgan fingerprint density at radius 2 is 2.18 bits per heavy atom. The second-order valence-corrected chi connectivity index (χ2v) is 4.06. The maximum atomic E-state index is 10.7. The van der Waals surface area contributed by atoms with Crippen molar-refractivity contribution in [2.45, 2.75) is 39.2 Å². The van der Waals surface area contributed by atoms with E-state index in [-0.39, 0.29) is 17.4 Å². The summed E-state index contributed by atoms with van der Waals surface area (Å²) in [5.74, 6) is -0.863. The summed E-state index contributed by atoms with van der Waals surface area (Å²) in [4.78, 5) is 10.7. The van der Waals surface area contributed by atoms with Crippen LogP contribution in [0.2, 0.25) is 0 Å². The summed E-state index contributed by atoms with van der Waals surface area (Å²) in [6, 6.07) is 4.11. The minimum atomic E-state index is -1.06. The zero-order valence-corrected chi connectivity index (χ0v) is 10.1. The number of hydrogen-bond donors (Lipinski definition) is 2. The number of phenolic OH excluding ortho intramolecular Hbond substituents is 1. The molecule has 0 amide bonds. The molecule has 0 saturated heterocycles. The molecule has 0 saturated carbocycles. The molecule has 1 unspecified atom stereocenters. The Kier molecular flexibility index (Phi) is 4.82. The van der Waals surface area contributed by atoms with Crippen LogP contribution in [0.25, 0.3) is 0 Å². The maximum absolute atomic E-state index is 10.7. The minimum Gasteiger partial charge on any atom is -0.504 e. The number of carbonyl (C=O) groups is 1. The van der Waals surface area contributed by atoms with Gasteiger partial charge in [0.25, 0.3) is 0 Å². The molecule has 0 aromatic heterocycles. The van der Waals surface area contributed by atoms with Gasteiger partial charge in [0.05, 0.1) is 11.7 Å². The van der Waals surface area contributed by atoms with Gasteiger partial charge in [-0.25, -0.2) is 4.79 Å². The van der Waals surface area contributed by atoms with Crippen molar-refractivity contribution in [2.75, 3.05) is 0 Å². The summed E-state index contributed by atoms with van der Waals surface area (Å²) in [5, 5.41) is 18.4. The fourth-order valence-electron chi connectivity index (χ4n) is 1.52. The van der Waals surface area contributed by atoms with Gasteiger partial charge in [0, 0.05) is 0 Å². The highest BCUT2D eigenvalue weighted by atomic mass is 16.5. The molecule has 1 rings (SSSR count). The van der Waals surface area contributed by atoms with Gasteiger partial charge in [-0.15, -0.1) is 0 Å². The minimum absolute atomic E-state index is 0.0107. The van der Waals surface area contributed by atoms with Crippen molar-refractivity contribution in [1.29, 1.82) is 0 Å². The van der Waals surface area contributed by atoms with E-state index in [1.807, 2.05) is 6.92 Å². The van der Waals surface area contributed by atoms with E-state index in [0.717, 1.165) is 19.3 Å². The summed E-state index contributed by atoms with van der Waals surface area (Å²) >= 11 is 0. The third-order valence-electron chi connectivity index (χ3n) is 2.50. The number of aromatic hydroxyl groups is 1. The first-order valence-corrected chi connectivity index (χ1v) is 5.77. The number of aromatic carboxylic acids is 1. The van der Waals surface area contributed by atoms with Crippen molar-refractivity contribution in [3.63, 3.8) is 0 Å². The highest BCUT2D eigenvalue weighted by molar-refractivity contribution is 5.88. The van der Waals surface area contributed by atoms with E-state index in [1.165, 1.54) is 18.2 Å². The van der Waals surface area contributed by atoms with Crippen LogP contribution in [0.4, 0.5) is 0 Å². The lowest BCUT2D eigenvalue weighted by atomic mass is 10.1. The quantitative estimate of drug-likeness (QED) is 0.799. The van der Waals surface area contributed by atoms with Crippen molar-refractivity contribution in [1.82, 2.24) is 0 Å². The van der Waals surface area contributed by atoms with Gasteiger partial charge < -0.3 is 14.9 Å². The Bertz CT molecular complexity index is 387. The Morgan fingerprint density at radius 3 is 2.71 bits per heavy atom. The normalized spacial score (nSPS) is 12.1. The fourth-order valence-corrected chi connectivity index (χ4v) is 1.52. The number of carboxylic acids is 1. The number of rotatable bonds is 6. The summed E-state index contributed by atoms with van der Waals surface area (Å²) < 4.78 is 5.54. The molecule has 0 spiro atoms. The number of phenols is 1. The highest BCUT2D eigenvalue weighted by Crippen LogP contribution is 2.28. The van der Waals surface area contributed by atoms with E-state index >= 15 is 0 Å². The molecular weight excluding hydrogens is 220 g/mol. The lowest BCUT2D eigenvalue weighted by molar-refractivity contribution is 0.0696. The number of ether oxygens (including phenoxy) is 1. The van der Waals surface area contributed by atoms with E-state index in [4.69, 9.17) is 9.84 Å². The molecule has 0 aliphatic rings. The molecule has 0 aliphatic carbocycles. The largest absolute Gasteiger partial charge is 0.504 e. The van der Waals surface area contributed by atoms with Gasteiger partial charge >= 0.3 is 5.97 Å². The average molecular weight is 238 g/mol. The smallest absolute Gasteiger partial charge is 0.335 e. The molecular formula is C13H18O4. The predicted molar refractivity (Wildman–Crippen MR) is 64.7 cm³/mol. The molecule has 0 aliphatic heterocycles. The molecule has 1 aromatic rings. The SMILES string of the molecule is CCCCC(C)Oc1ccc(C(=O)O)cc1O. The summed E-state index contributed by atoms with van der Waals surface area (Å²) in [7, 11) is 0. The molecule has 0 heterocycles. The Morgan fingerprint density at radius 1 is 1.47 bits per heavy atom. The second kappa shape index (κ2) is 6.13. The average Bonchev–Trinajstić information content (AvgIpc) is 2.28. The number of hydrogen-bond acceptors (Lipinski definition) is 3. The molecule has 1 aromatic carbocycles. The summed E-state index contributed by atoms with van der Waals surface area (Å²) in [6.07, 6.45) is 3.08. The van der Waals surface area contributed by atoms with E-state index in [1.54, 1.807) is 0 Å². The van der Waals surface area contributed by atoms with Crippen LogP contribution in [-0.4, -0.2) is 22.3 Å². The van der Waals surface area contributed by atoms with Crippen LogP contribution in [0.15, 0.2) is 18.2 Å². The van der Waals surface area contributed by atoms with Crippen molar-refractivity contribution in [2.24, 2.45) is 0 Å². The van der Waals surface area contributed by atoms with Crippen molar-refractivity contribution >= 4 is 5.97 Å². The first-order valence-electron chi connectivity index (χ1n) is 5.77. The molecule has 4 heteroatoms. The standard InChI is InChI=1S/C13H18O4/c1-3-4-5-9(2)17-12-7-6-10(13(15)16)8-11(12)14/h6-9,14H,3-5H2,1-2H3,(H,15,16). The zero-order chi connectivity index (χ0) is 12.8. The molecule has 1 atom stereocenters. The van der Waals surface area contributed by atoms with Crippen molar-refractivity contribution in [3.05, 3.63) is 23.8 Å². The molecule has 2 N–H and O–H groups in total. The van der Waals surface area contributed by atoms with Crippen LogP contribution in [0.1, 0.15) is 43.5 Å². The van der Waals surface area contributed by atoms with Gasteiger partial charge in [-0.05, 0) is 31.5 Å². The number of benzene rings is 1. The van der Waals surface area contributed by atoms with Gasteiger partial charge in [-0.2, -0.15) is 0 Å². The predicted octanol–water partition coefficient (Wildman–Crippen LogP) is 3.05. The first kappa shape index (κ1) is 13.4. The fraction of sp³-hybridized carbons (Fsp3) is 0.462. The number of carboxylic acid groups (broad SMARTS) is 1. The van der Waals surface area contributed by atoms with Crippen molar-refractivity contribution in [3.8, 4) is 11.5 Å². The molecule has 0 radical (unpaired) electrons. The summed E-state index contributed by atoms with van der Waals surface area (Å²) in [6.45, 7) is 4.03. The topological polar surface area (TPSA) is 66.8 Å². The van der Waals surface area contributed by atoms with E-state index in [0.29, 0.717) is 5.75 Å². The highest BCUT2D eigenvalue weighted by Gasteiger charge is 2.11. The summed E-state index contributed by atoms with van der Waals surface area (Å²) in [5.41, 5.74) is 0.0519. The zero-order valence-electron chi connectivity index (χ0n) is 10.1. The van der Waals surface area contributed by atoms with Crippen molar-refractivity contribution < 1.29 is 19.7 Å². The Hall–Kier alpha value is -1.71. The van der Waals surface area contributed by atoms with Crippen LogP contribution in [-0.2, 0) is 0 Å². The van der Waals surface area contributed by atoms with Crippen LogP contribution in [0, 0.1) is 0 Å². The first-order chi connectivity index (χ1) is 8.04. The monoisotopic (exact) mass is 238 g/mol. The van der Waals surface area contributed by atoms with Gasteiger partial charge in [-0.1, -0.05) is 19.8 Å². The van der Waals surface area contributed by atoms with E-state index in [2.05, 4.69) is 6.92 Å². The van der Waals surface area contributed by atoms with Crippen LogP contribution < -0.4 is 4.74 Å². The molecule has 94 valence electrons. The van der Waals surface area contributed by atoms with Gasteiger partial charge in [-0.3, -0.25) is 0 Å². The Balaban J connectivity index is 2.69. The molecule has 4 nitrogen and oxygen atoms in total. The van der Waals surface area contributed by atoms with E-state index < -0.39 is 5.97 Å². The second-order valence-electron chi connectivity index (χ2n) is 4.06. The van der Waals surface area contributed by atoms with Gasteiger partial charge in [0.1, 0.15) is 0 Å². The third-order valence-corrected chi connectivity index (χ3v) is 2.50. The Labute approximate surface area is 101 Å². The van der Waals surface area contributed by atoms with Gasteiger partial charge in [0.2, 0.25) is 0 Å². The van der Waals surface area contributed by atoms with Crippen LogP contribution >= 0.6 is 0 Å². The molecule has 0 fully saturated rings. The maximum Gasteiger partial charge on any atom is 0.335 e. The van der Waals surface area contributed by atoms with Gasteiger partial charge in [0.15, 0.2) is 11.5 Å². The number of unbranched alkanes of at least 4 members (excludes halogenated alkanes) is 1. The third kappa shape index (κ3) is 3.98. The lowest BCUT2D eigenvalue weighted by Gasteiger charge is -2.15. The molecule has 0 bridgehead atoms. The molecule has 17 heavy (non-hydrogen) atoms. The van der Waals surface area contributed by atoms with E-state index in [9.17, 15) is 9.90 Å². The van der Waals surface area contributed by atoms with Crippen LogP contribution in [0.5, 0.6) is 11.5 Å². The van der Waals surface area contributed by atoms with Crippen LogP contribution in [0.3, 0.4) is 0 Å².